The Balaban J connectivity index is 2.35. The van der Waals surface area contributed by atoms with E-state index in [0.29, 0.717) is 0 Å². The van der Waals surface area contributed by atoms with Crippen molar-refractivity contribution in [1.82, 2.24) is 5.32 Å². The Kier molecular flexibility index (Phi) is 4.77. The van der Waals surface area contributed by atoms with Gasteiger partial charge in [0.15, 0.2) is 0 Å². The van der Waals surface area contributed by atoms with Gasteiger partial charge in [0.05, 0.1) is 6.61 Å². The second-order valence-electron chi connectivity index (χ2n) is 4.71. The van der Waals surface area contributed by atoms with Crippen molar-refractivity contribution < 1.29 is 5.11 Å². The van der Waals surface area contributed by atoms with Gasteiger partial charge >= 0.3 is 0 Å². The summed E-state index contributed by atoms with van der Waals surface area (Å²) in [5.41, 5.74) is 1.23. The molecule has 1 unspecified atom stereocenters. The summed E-state index contributed by atoms with van der Waals surface area (Å²) in [6, 6.07) is 14.9. The van der Waals surface area contributed by atoms with E-state index in [4.69, 9.17) is 0 Å². The first kappa shape index (κ1) is 13.8. The number of fused-ring (bicyclic) bond motifs is 1. The van der Waals surface area contributed by atoms with Crippen LogP contribution in [0.25, 0.3) is 10.8 Å². The largest absolute Gasteiger partial charge is 0.395 e. The number of aliphatic hydroxyl groups excluding tert-OH is 1. The molecule has 0 heterocycles. The number of hydrogen-bond donors (Lipinski definition) is 2. The molecule has 0 bridgehead atoms. The maximum atomic E-state index is 9.34. The molecule has 0 amide bonds. The molecule has 0 saturated carbocycles. The minimum absolute atomic E-state index is 0.0962. The lowest BCUT2D eigenvalue weighted by molar-refractivity contribution is 0.250. The van der Waals surface area contributed by atoms with Crippen molar-refractivity contribution in [1.29, 1.82) is 0 Å². The van der Waals surface area contributed by atoms with Gasteiger partial charge in [0, 0.05) is 30.2 Å². The molecule has 2 N–H and O–H groups in total. The average Bonchev–Trinajstić information content (AvgIpc) is 2.48. The van der Waals surface area contributed by atoms with Crippen LogP contribution >= 0.6 is 0 Å². The topological polar surface area (TPSA) is 35.5 Å². The third kappa shape index (κ3) is 3.06. The van der Waals surface area contributed by atoms with E-state index in [1.165, 1.54) is 16.5 Å². The lowest BCUT2D eigenvalue weighted by atomic mass is 10.1. The van der Waals surface area contributed by atoms with Crippen LogP contribution in [0, 0.1) is 0 Å². The lowest BCUT2D eigenvalue weighted by Gasteiger charge is -2.28. The van der Waals surface area contributed by atoms with Crippen molar-refractivity contribution in [3.05, 3.63) is 42.5 Å². The van der Waals surface area contributed by atoms with E-state index in [1.807, 2.05) is 7.05 Å². The number of aliphatic hydroxyl groups is 1. The molecule has 3 heteroatoms. The molecule has 2 aromatic rings. The molecule has 2 rings (SSSR count). The van der Waals surface area contributed by atoms with Crippen LogP contribution in [0.15, 0.2) is 42.5 Å². The fourth-order valence-electron chi connectivity index (χ4n) is 2.39. The van der Waals surface area contributed by atoms with E-state index in [-0.39, 0.29) is 12.6 Å². The molecule has 0 aliphatic carbocycles. The van der Waals surface area contributed by atoms with Crippen LogP contribution < -0.4 is 10.2 Å². The third-order valence-corrected chi connectivity index (χ3v) is 3.56. The van der Waals surface area contributed by atoms with E-state index in [2.05, 4.69) is 59.6 Å². The summed E-state index contributed by atoms with van der Waals surface area (Å²) in [6.07, 6.45) is 0. The number of benzene rings is 2. The Morgan fingerprint density at radius 3 is 2.58 bits per heavy atom. The number of hydrogen-bond acceptors (Lipinski definition) is 3. The smallest absolute Gasteiger partial charge is 0.0601 e. The molecule has 19 heavy (non-hydrogen) atoms. The highest BCUT2D eigenvalue weighted by Gasteiger charge is 2.13. The summed E-state index contributed by atoms with van der Waals surface area (Å²) in [4.78, 5) is 2.31. The normalized spacial score (nSPS) is 12.6. The molecule has 0 radical (unpaired) electrons. The van der Waals surface area contributed by atoms with Crippen molar-refractivity contribution in [2.75, 3.05) is 31.6 Å². The van der Waals surface area contributed by atoms with Crippen molar-refractivity contribution in [2.45, 2.75) is 13.0 Å². The Hall–Kier alpha value is -1.58. The van der Waals surface area contributed by atoms with Gasteiger partial charge in [0.1, 0.15) is 0 Å². The average molecular weight is 258 g/mol. The zero-order chi connectivity index (χ0) is 13.7. The minimum Gasteiger partial charge on any atom is -0.395 e. The fourth-order valence-corrected chi connectivity index (χ4v) is 2.39. The van der Waals surface area contributed by atoms with E-state index in [9.17, 15) is 5.11 Å². The van der Waals surface area contributed by atoms with Gasteiger partial charge in [-0.15, -0.1) is 0 Å². The van der Waals surface area contributed by atoms with Crippen molar-refractivity contribution >= 4 is 16.5 Å². The van der Waals surface area contributed by atoms with E-state index >= 15 is 0 Å². The Bertz CT molecular complexity index is 518. The molecule has 0 aliphatic heterocycles. The van der Waals surface area contributed by atoms with Crippen LogP contribution in [0.3, 0.4) is 0 Å². The number of nitrogens with zero attached hydrogens (tertiary/aromatic N) is 1. The first-order chi connectivity index (χ1) is 9.30. The molecule has 0 aromatic heterocycles. The number of rotatable bonds is 6. The summed E-state index contributed by atoms with van der Waals surface area (Å²) in [6.45, 7) is 4.02. The molecular weight excluding hydrogens is 236 g/mol. The predicted molar refractivity (Wildman–Crippen MR) is 81.8 cm³/mol. The van der Waals surface area contributed by atoms with Crippen molar-refractivity contribution in [3.63, 3.8) is 0 Å². The van der Waals surface area contributed by atoms with Gasteiger partial charge in [0.25, 0.3) is 0 Å². The number of anilines is 1. The second kappa shape index (κ2) is 6.55. The summed E-state index contributed by atoms with van der Waals surface area (Å²) >= 11 is 0. The molecule has 3 nitrogen and oxygen atoms in total. The van der Waals surface area contributed by atoms with Crippen LogP contribution in [0.5, 0.6) is 0 Å². The van der Waals surface area contributed by atoms with Crippen LogP contribution in [-0.2, 0) is 0 Å². The molecule has 1 atom stereocenters. The second-order valence-corrected chi connectivity index (χ2v) is 4.71. The first-order valence-corrected chi connectivity index (χ1v) is 6.81. The molecule has 0 saturated heterocycles. The standard InChI is InChI=1S/C16H22N2O/c1-3-18(11-14(12-19)17-2)16-10-6-8-13-7-4-5-9-15(13)16/h4-10,14,17,19H,3,11-12H2,1-2H3. The zero-order valence-electron chi connectivity index (χ0n) is 11.6. The minimum atomic E-state index is 0.0962. The number of likely N-dealkylation sites (N-methyl/N-ethyl adjacent to an activating group) is 2. The highest BCUT2D eigenvalue weighted by molar-refractivity contribution is 5.94. The Morgan fingerprint density at radius 1 is 1.16 bits per heavy atom. The maximum Gasteiger partial charge on any atom is 0.0601 e. The van der Waals surface area contributed by atoms with Crippen LogP contribution in [0.2, 0.25) is 0 Å². The van der Waals surface area contributed by atoms with Gasteiger partial charge < -0.3 is 15.3 Å². The van der Waals surface area contributed by atoms with Gasteiger partial charge in [-0.3, -0.25) is 0 Å². The summed E-state index contributed by atoms with van der Waals surface area (Å²) in [5.74, 6) is 0. The van der Waals surface area contributed by atoms with Crippen molar-refractivity contribution in [3.8, 4) is 0 Å². The van der Waals surface area contributed by atoms with Gasteiger partial charge in [-0.05, 0) is 25.4 Å². The van der Waals surface area contributed by atoms with Gasteiger partial charge in [-0.25, -0.2) is 0 Å². The predicted octanol–water partition coefficient (Wildman–Crippen LogP) is 2.25. The molecular formula is C16H22N2O. The van der Waals surface area contributed by atoms with Gasteiger partial charge in [-0.2, -0.15) is 0 Å². The molecule has 0 fully saturated rings. The fraction of sp³-hybridized carbons (Fsp3) is 0.375. The molecule has 2 aromatic carbocycles. The van der Waals surface area contributed by atoms with Crippen LogP contribution in [-0.4, -0.2) is 37.9 Å². The van der Waals surface area contributed by atoms with Crippen molar-refractivity contribution in [2.24, 2.45) is 0 Å². The maximum absolute atomic E-state index is 9.34. The number of nitrogens with one attached hydrogen (secondary N) is 1. The van der Waals surface area contributed by atoms with E-state index in [0.717, 1.165) is 13.1 Å². The highest BCUT2D eigenvalue weighted by Crippen LogP contribution is 2.26. The monoisotopic (exact) mass is 258 g/mol. The molecule has 102 valence electrons. The first-order valence-electron chi connectivity index (χ1n) is 6.81. The Morgan fingerprint density at radius 2 is 1.89 bits per heavy atom. The zero-order valence-corrected chi connectivity index (χ0v) is 11.6. The summed E-state index contributed by atoms with van der Waals surface area (Å²) < 4.78 is 0. The van der Waals surface area contributed by atoms with Crippen LogP contribution in [0.1, 0.15) is 6.92 Å². The van der Waals surface area contributed by atoms with Crippen LogP contribution in [0.4, 0.5) is 5.69 Å². The van der Waals surface area contributed by atoms with E-state index < -0.39 is 0 Å². The summed E-state index contributed by atoms with van der Waals surface area (Å²) in [7, 11) is 1.89. The quantitative estimate of drug-likeness (QED) is 0.834. The highest BCUT2D eigenvalue weighted by atomic mass is 16.3. The summed E-state index contributed by atoms with van der Waals surface area (Å²) in [5, 5.41) is 15.0. The SMILES string of the molecule is CCN(CC(CO)NC)c1cccc2ccccc12. The lowest BCUT2D eigenvalue weighted by Crippen LogP contribution is -2.41. The third-order valence-electron chi connectivity index (χ3n) is 3.56. The van der Waals surface area contributed by atoms with Gasteiger partial charge in [0.2, 0.25) is 0 Å². The Labute approximate surface area is 114 Å². The molecule has 0 spiro atoms. The molecule has 0 aliphatic rings. The van der Waals surface area contributed by atoms with E-state index in [1.54, 1.807) is 0 Å². The van der Waals surface area contributed by atoms with Gasteiger partial charge in [-0.1, -0.05) is 36.4 Å².